The van der Waals surface area contributed by atoms with Gasteiger partial charge in [0, 0.05) is 30.1 Å². The number of imidazole rings is 1. The normalized spacial score (nSPS) is 24.2. The molecule has 4 N–H and O–H groups in total. The minimum absolute atomic E-state index is 0.227. The van der Waals surface area contributed by atoms with Crippen LogP contribution in [-0.4, -0.2) is 55.4 Å². The first-order valence-electron chi connectivity index (χ1n) is 11.1. The lowest BCUT2D eigenvalue weighted by Gasteiger charge is -2.23. The van der Waals surface area contributed by atoms with Gasteiger partial charge < -0.3 is 25.4 Å². The minimum Gasteiger partial charge on any atom is -0.390 e. The molecule has 3 aromatic heterocycles. The topological polar surface area (TPSA) is 112 Å². The lowest BCUT2D eigenvalue weighted by Crippen LogP contribution is -2.38. The van der Waals surface area contributed by atoms with E-state index in [0.29, 0.717) is 30.0 Å². The first kappa shape index (κ1) is 22.7. The summed E-state index contributed by atoms with van der Waals surface area (Å²) in [5, 5.41) is 29.6. The molecule has 3 heterocycles. The fourth-order valence-corrected chi connectivity index (χ4v) is 5.21. The van der Waals surface area contributed by atoms with Gasteiger partial charge in [0.1, 0.15) is 11.6 Å². The maximum atomic E-state index is 12.3. The number of hydrogen-bond acceptors (Lipinski definition) is 7. The van der Waals surface area contributed by atoms with E-state index in [1.54, 1.807) is 28.4 Å². The third-order valence-corrected chi connectivity index (χ3v) is 7.20. The maximum Gasteiger partial charge on any atom is 0.225 e. The zero-order valence-corrected chi connectivity index (χ0v) is 19.4. The summed E-state index contributed by atoms with van der Waals surface area (Å²) >= 11 is 1.75. The first-order valence-corrected chi connectivity index (χ1v) is 12.0. The number of rotatable bonds is 8. The van der Waals surface area contributed by atoms with Gasteiger partial charge in [-0.2, -0.15) is 0 Å². The van der Waals surface area contributed by atoms with Gasteiger partial charge in [-0.15, -0.1) is 11.3 Å². The molecule has 0 aromatic carbocycles. The molecule has 1 aliphatic carbocycles. The Hall–Kier alpha value is -2.49. The molecule has 1 fully saturated rings. The zero-order chi connectivity index (χ0) is 22.8. The number of thiophene rings is 1. The largest absolute Gasteiger partial charge is 0.390 e. The number of aliphatic hydroxyl groups is 2. The number of fused-ring (bicyclic) bond motifs is 1. The predicted molar refractivity (Wildman–Crippen MR) is 126 cm³/mol. The van der Waals surface area contributed by atoms with E-state index in [2.05, 4.69) is 52.0 Å². The number of carbonyl (C=O) groups excluding carboxylic acids is 1. The van der Waals surface area contributed by atoms with Crippen molar-refractivity contribution in [3.63, 3.8) is 0 Å². The van der Waals surface area contributed by atoms with Gasteiger partial charge in [0.25, 0.3) is 0 Å². The Morgan fingerprint density at radius 3 is 2.78 bits per heavy atom. The highest BCUT2D eigenvalue weighted by molar-refractivity contribution is 7.09. The first-order chi connectivity index (χ1) is 15.4. The fraction of sp³-hybridized carbons (Fsp3) is 0.522. The number of carbonyl (C=O) groups is 1. The van der Waals surface area contributed by atoms with Gasteiger partial charge in [0.15, 0.2) is 5.65 Å². The highest BCUT2D eigenvalue weighted by Crippen LogP contribution is 2.37. The number of nitrogens with zero attached hydrogens (tertiary/aromatic N) is 3. The summed E-state index contributed by atoms with van der Waals surface area (Å²) in [5.74, 6) is -0.494. The second kappa shape index (κ2) is 9.56. The van der Waals surface area contributed by atoms with Crippen molar-refractivity contribution in [2.45, 2.75) is 57.9 Å². The van der Waals surface area contributed by atoms with E-state index in [1.807, 2.05) is 13.0 Å². The van der Waals surface area contributed by atoms with E-state index in [-0.39, 0.29) is 11.9 Å². The van der Waals surface area contributed by atoms with Crippen molar-refractivity contribution in [2.75, 3.05) is 11.9 Å². The van der Waals surface area contributed by atoms with E-state index >= 15 is 0 Å². The summed E-state index contributed by atoms with van der Waals surface area (Å²) < 4.78 is 1.79. The number of nitrogens with one attached hydrogen (secondary N) is 2. The van der Waals surface area contributed by atoms with E-state index in [9.17, 15) is 15.0 Å². The van der Waals surface area contributed by atoms with Gasteiger partial charge >= 0.3 is 0 Å². The van der Waals surface area contributed by atoms with Crippen molar-refractivity contribution in [3.05, 3.63) is 41.0 Å². The van der Waals surface area contributed by atoms with Crippen LogP contribution in [0, 0.1) is 11.8 Å². The van der Waals surface area contributed by atoms with E-state index in [4.69, 9.17) is 0 Å². The van der Waals surface area contributed by atoms with Gasteiger partial charge in [-0.05, 0) is 36.8 Å². The molecule has 5 atom stereocenters. The van der Waals surface area contributed by atoms with Crippen LogP contribution in [0.15, 0.2) is 36.1 Å². The zero-order valence-electron chi connectivity index (χ0n) is 18.6. The van der Waals surface area contributed by atoms with Gasteiger partial charge in [-0.3, -0.25) is 4.79 Å². The van der Waals surface area contributed by atoms with Crippen molar-refractivity contribution >= 4 is 34.1 Å². The van der Waals surface area contributed by atoms with Crippen LogP contribution in [0.25, 0.3) is 11.2 Å². The molecule has 1 amide bonds. The molecule has 0 radical (unpaired) electrons. The Kier molecular flexibility index (Phi) is 6.78. The highest BCUT2D eigenvalue weighted by Gasteiger charge is 2.46. The second-order valence-corrected chi connectivity index (χ2v) is 9.78. The van der Waals surface area contributed by atoms with Crippen molar-refractivity contribution in [3.8, 4) is 0 Å². The van der Waals surface area contributed by atoms with Crippen LogP contribution in [0.5, 0.6) is 0 Å². The predicted octanol–water partition coefficient (Wildman–Crippen LogP) is 2.59. The maximum absolute atomic E-state index is 12.3. The third-order valence-electron chi connectivity index (χ3n) is 6.30. The smallest absolute Gasteiger partial charge is 0.225 e. The summed E-state index contributed by atoms with van der Waals surface area (Å²) in [6.07, 6.45) is 2.42. The third kappa shape index (κ3) is 4.37. The molecule has 32 heavy (non-hydrogen) atoms. The van der Waals surface area contributed by atoms with Crippen LogP contribution >= 0.6 is 11.3 Å². The number of hydrogen-bond donors (Lipinski definition) is 4. The summed E-state index contributed by atoms with van der Waals surface area (Å²) in [7, 11) is 0. The van der Waals surface area contributed by atoms with Crippen LogP contribution in [0.4, 0.5) is 5.69 Å². The van der Waals surface area contributed by atoms with Crippen LogP contribution in [0.1, 0.15) is 38.1 Å². The summed E-state index contributed by atoms with van der Waals surface area (Å²) in [6, 6.07) is 5.89. The van der Waals surface area contributed by atoms with Gasteiger partial charge in [0.05, 0.1) is 30.1 Å². The fourth-order valence-electron chi connectivity index (χ4n) is 4.44. The second-order valence-electron chi connectivity index (χ2n) is 8.75. The van der Waals surface area contributed by atoms with Crippen LogP contribution in [0.3, 0.4) is 0 Å². The molecule has 0 aliphatic heterocycles. The lowest BCUT2D eigenvalue weighted by atomic mass is 9.99. The number of aromatic nitrogens is 3. The van der Waals surface area contributed by atoms with Gasteiger partial charge in [-0.25, -0.2) is 9.97 Å². The van der Waals surface area contributed by atoms with Crippen molar-refractivity contribution < 1.29 is 15.0 Å². The Balaban J connectivity index is 1.60. The highest BCUT2D eigenvalue weighted by atomic mass is 32.1. The molecular formula is C23H31N5O3S. The van der Waals surface area contributed by atoms with Gasteiger partial charge in [0.2, 0.25) is 5.91 Å². The van der Waals surface area contributed by atoms with E-state index in [0.717, 1.165) is 12.1 Å². The lowest BCUT2D eigenvalue weighted by molar-refractivity contribution is -0.128. The number of pyridine rings is 1. The molecule has 0 saturated heterocycles. The summed E-state index contributed by atoms with van der Waals surface area (Å²) in [6.45, 7) is 6.70. The van der Waals surface area contributed by atoms with Crippen LogP contribution in [0.2, 0.25) is 0 Å². The van der Waals surface area contributed by atoms with E-state index < -0.39 is 24.2 Å². The Morgan fingerprint density at radius 1 is 1.28 bits per heavy atom. The average Bonchev–Trinajstić information content (AvgIpc) is 3.49. The minimum atomic E-state index is -1.12. The number of amides is 1. The molecule has 3 aromatic rings. The van der Waals surface area contributed by atoms with Crippen LogP contribution < -0.4 is 10.6 Å². The molecule has 0 bridgehead atoms. The summed E-state index contributed by atoms with van der Waals surface area (Å²) in [4.78, 5) is 22.7. The van der Waals surface area contributed by atoms with Crippen molar-refractivity contribution in [1.82, 2.24) is 19.9 Å². The van der Waals surface area contributed by atoms with Crippen molar-refractivity contribution in [2.24, 2.45) is 11.8 Å². The monoisotopic (exact) mass is 457 g/mol. The molecular weight excluding hydrogens is 426 g/mol. The molecule has 1 saturated carbocycles. The van der Waals surface area contributed by atoms with Gasteiger partial charge in [-0.1, -0.05) is 19.9 Å². The Bertz CT molecular complexity index is 1050. The Morgan fingerprint density at radius 2 is 2.09 bits per heavy atom. The molecule has 172 valence electrons. The molecule has 1 aliphatic rings. The molecule has 8 nitrogen and oxygen atoms in total. The molecule has 9 heteroatoms. The quantitative estimate of drug-likeness (QED) is 0.414. The molecule has 5 unspecified atom stereocenters. The van der Waals surface area contributed by atoms with Crippen LogP contribution in [-0.2, 0) is 11.2 Å². The number of anilines is 1. The van der Waals surface area contributed by atoms with Crippen molar-refractivity contribution in [1.29, 1.82) is 0 Å². The molecule has 4 rings (SSSR count). The Labute approximate surface area is 191 Å². The SMILES string of the molecule is CCNC(=O)C1CC(n2cnc3c(NC(Cc4cccs4)C(C)C)ccnc32)C(O)C1O. The summed E-state index contributed by atoms with van der Waals surface area (Å²) in [5.41, 5.74) is 2.23. The molecule has 0 spiro atoms. The van der Waals surface area contributed by atoms with E-state index in [1.165, 1.54) is 4.88 Å². The number of aliphatic hydroxyl groups excluding tert-OH is 2. The standard InChI is InChI=1S/C23H31N5O3S/c1-4-24-23(31)15-11-18(21(30)20(15)29)28-12-26-19-16(7-8-25-22(19)28)27-17(13(2)3)10-14-6-5-9-32-14/h5-9,12-13,15,17-18,20-21,29-30H,4,10-11H2,1-3H3,(H,24,31)(H,25,27). The average molecular weight is 458 g/mol.